The van der Waals surface area contributed by atoms with Crippen LogP contribution >= 0.6 is 11.8 Å². The number of rotatable bonds is 6. The lowest BCUT2D eigenvalue weighted by atomic mass is 10.1. The third kappa shape index (κ3) is 3.87. The lowest BCUT2D eigenvalue weighted by Gasteiger charge is -2.19. The third-order valence-electron chi connectivity index (χ3n) is 4.48. The van der Waals surface area contributed by atoms with Gasteiger partial charge in [-0.15, -0.1) is 6.58 Å². The molecule has 28 heavy (non-hydrogen) atoms. The largest absolute Gasteiger partial charge is 0.352 e. The fourth-order valence-corrected chi connectivity index (χ4v) is 4.01. The number of hydrogen-bond acceptors (Lipinski definition) is 4. The number of fused-ring (bicyclic) bond motifs is 1. The Morgan fingerprint density at radius 1 is 1.21 bits per heavy atom. The molecule has 2 aromatic carbocycles. The molecule has 0 unspecified atom stereocenters. The molecule has 0 bridgehead atoms. The van der Waals surface area contributed by atoms with Crippen LogP contribution in [0, 0.1) is 13.8 Å². The first-order valence-electron chi connectivity index (χ1n) is 9.07. The van der Waals surface area contributed by atoms with Crippen LogP contribution in [0.25, 0.3) is 16.6 Å². The SMILES string of the molecule is C=CCNC(=O)[C@@H](C)Sc1nc2ccccc2c(=O)n1-c1c(C)cccc1C. The molecule has 6 heteroatoms. The number of benzene rings is 2. The van der Waals surface area contributed by atoms with Gasteiger partial charge < -0.3 is 5.32 Å². The summed E-state index contributed by atoms with van der Waals surface area (Å²) in [5.74, 6) is -0.125. The molecule has 1 atom stereocenters. The van der Waals surface area contributed by atoms with Crippen molar-refractivity contribution in [3.8, 4) is 5.69 Å². The van der Waals surface area contributed by atoms with Crippen LogP contribution in [0.15, 0.2) is 65.1 Å². The van der Waals surface area contributed by atoms with E-state index in [1.165, 1.54) is 11.8 Å². The van der Waals surface area contributed by atoms with E-state index in [0.717, 1.165) is 16.8 Å². The van der Waals surface area contributed by atoms with Crippen LogP contribution in [0.5, 0.6) is 0 Å². The standard InChI is InChI=1S/C22H23N3O2S/c1-5-13-23-20(26)16(4)28-22-24-18-12-7-6-11-17(18)21(27)25(22)19-14(2)9-8-10-15(19)3/h5-12,16H,1,13H2,2-4H3,(H,23,26)/t16-/m1/s1. The highest BCUT2D eigenvalue weighted by molar-refractivity contribution is 8.00. The number of aromatic nitrogens is 2. The molecule has 0 spiro atoms. The van der Waals surface area contributed by atoms with E-state index < -0.39 is 5.25 Å². The summed E-state index contributed by atoms with van der Waals surface area (Å²) in [7, 11) is 0. The van der Waals surface area contributed by atoms with Crippen LogP contribution in [-0.4, -0.2) is 27.3 Å². The molecule has 0 aliphatic rings. The van der Waals surface area contributed by atoms with Gasteiger partial charge in [0.15, 0.2) is 5.16 Å². The highest BCUT2D eigenvalue weighted by Crippen LogP contribution is 2.27. The summed E-state index contributed by atoms with van der Waals surface area (Å²) in [5.41, 5.74) is 3.25. The van der Waals surface area contributed by atoms with Crippen molar-refractivity contribution in [3.63, 3.8) is 0 Å². The summed E-state index contributed by atoms with van der Waals surface area (Å²) in [6, 6.07) is 13.2. The van der Waals surface area contributed by atoms with Crippen molar-refractivity contribution in [2.45, 2.75) is 31.2 Å². The van der Waals surface area contributed by atoms with Crippen molar-refractivity contribution >= 4 is 28.6 Å². The highest BCUT2D eigenvalue weighted by Gasteiger charge is 2.21. The van der Waals surface area contributed by atoms with Crippen molar-refractivity contribution in [2.24, 2.45) is 0 Å². The zero-order valence-corrected chi connectivity index (χ0v) is 17.0. The number of nitrogens with one attached hydrogen (secondary N) is 1. The maximum atomic E-state index is 13.4. The van der Waals surface area contributed by atoms with E-state index in [1.807, 2.05) is 50.2 Å². The number of amides is 1. The van der Waals surface area contributed by atoms with Crippen LogP contribution in [0.2, 0.25) is 0 Å². The summed E-state index contributed by atoms with van der Waals surface area (Å²) >= 11 is 1.28. The van der Waals surface area contributed by atoms with E-state index in [9.17, 15) is 9.59 Å². The molecule has 0 aliphatic carbocycles. The highest BCUT2D eigenvalue weighted by atomic mass is 32.2. The Balaban J connectivity index is 2.19. The number of thioether (sulfide) groups is 1. The maximum Gasteiger partial charge on any atom is 0.266 e. The van der Waals surface area contributed by atoms with Crippen molar-refractivity contribution in [1.82, 2.24) is 14.9 Å². The smallest absolute Gasteiger partial charge is 0.266 e. The van der Waals surface area contributed by atoms with Gasteiger partial charge in [-0.25, -0.2) is 4.98 Å². The molecular weight excluding hydrogens is 370 g/mol. The van der Waals surface area contributed by atoms with E-state index in [4.69, 9.17) is 4.98 Å². The summed E-state index contributed by atoms with van der Waals surface area (Å²) in [6.45, 7) is 9.76. The number of aryl methyl sites for hydroxylation is 2. The third-order valence-corrected chi connectivity index (χ3v) is 5.53. The van der Waals surface area contributed by atoms with Crippen molar-refractivity contribution in [3.05, 3.63) is 76.6 Å². The maximum absolute atomic E-state index is 13.4. The Labute approximate surface area is 168 Å². The van der Waals surface area contributed by atoms with Gasteiger partial charge in [0.05, 0.1) is 21.8 Å². The number of carbonyl (C=O) groups excluding carboxylic acids is 1. The molecule has 1 aromatic heterocycles. The first-order chi connectivity index (χ1) is 13.4. The second-order valence-electron chi connectivity index (χ2n) is 6.59. The minimum Gasteiger partial charge on any atom is -0.352 e. The fraction of sp³-hybridized carbons (Fsp3) is 0.227. The molecule has 3 aromatic rings. The molecule has 0 aliphatic heterocycles. The van der Waals surface area contributed by atoms with E-state index in [2.05, 4.69) is 11.9 Å². The molecule has 1 N–H and O–H groups in total. The number of hydrogen-bond donors (Lipinski definition) is 1. The van der Waals surface area contributed by atoms with Gasteiger partial charge in [-0.05, 0) is 44.0 Å². The summed E-state index contributed by atoms with van der Waals surface area (Å²) in [4.78, 5) is 30.4. The number of carbonyl (C=O) groups is 1. The van der Waals surface area contributed by atoms with Crippen molar-refractivity contribution < 1.29 is 4.79 Å². The Morgan fingerprint density at radius 3 is 2.57 bits per heavy atom. The van der Waals surface area contributed by atoms with Gasteiger partial charge in [0.2, 0.25) is 5.91 Å². The monoisotopic (exact) mass is 393 g/mol. The lowest BCUT2D eigenvalue weighted by Crippen LogP contribution is -2.32. The molecule has 0 saturated carbocycles. The van der Waals surface area contributed by atoms with Crippen LogP contribution in [0.3, 0.4) is 0 Å². The quantitative estimate of drug-likeness (QED) is 0.393. The molecule has 144 valence electrons. The molecule has 0 fully saturated rings. The van der Waals surface area contributed by atoms with E-state index in [-0.39, 0.29) is 11.5 Å². The molecular formula is C22H23N3O2S. The van der Waals surface area contributed by atoms with Crippen molar-refractivity contribution in [1.29, 1.82) is 0 Å². The molecule has 3 rings (SSSR count). The normalized spacial score (nSPS) is 12.0. The second kappa shape index (κ2) is 8.44. The minimum absolute atomic E-state index is 0.125. The summed E-state index contributed by atoms with van der Waals surface area (Å²) in [6.07, 6.45) is 1.64. The molecule has 1 amide bonds. The Kier molecular flexibility index (Phi) is 5.99. The summed E-state index contributed by atoms with van der Waals surface area (Å²) in [5, 5.41) is 3.44. The second-order valence-corrected chi connectivity index (χ2v) is 7.89. The summed E-state index contributed by atoms with van der Waals surface area (Å²) < 4.78 is 1.63. The van der Waals surface area contributed by atoms with Gasteiger partial charge in [-0.3, -0.25) is 14.2 Å². The van der Waals surface area contributed by atoms with Crippen molar-refractivity contribution in [2.75, 3.05) is 6.54 Å². The average molecular weight is 394 g/mol. The number of nitrogens with zero attached hydrogens (tertiary/aromatic N) is 2. The van der Waals surface area contributed by atoms with Gasteiger partial charge in [-0.1, -0.05) is 48.2 Å². The molecule has 5 nitrogen and oxygen atoms in total. The van der Waals surface area contributed by atoms with E-state index in [1.54, 1.807) is 23.6 Å². The van der Waals surface area contributed by atoms with Crippen LogP contribution in [0.4, 0.5) is 0 Å². The predicted molar refractivity (Wildman–Crippen MR) is 115 cm³/mol. The first kappa shape index (κ1) is 19.9. The Morgan fingerprint density at radius 2 is 1.89 bits per heavy atom. The van der Waals surface area contributed by atoms with Gasteiger partial charge >= 0.3 is 0 Å². The fourth-order valence-electron chi connectivity index (χ4n) is 3.08. The lowest BCUT2D eigenvalue weighted by molar-refractivity contribution is -0.120. The predicted octanol–water partition coefficient (Wildman–Crippen LogP) is 3.79. The Hall–Kier alpha value is -2.86. The van der Waals surface area contributed by atoms with Crippen LogP contribution in [0.1, 0.15) is 18.1 Å². The Bertz CT molecular complexity index is 1080. The minimum atomic E-state index is -0.413. The molecule has 0 radical (unpaired) electrons. The van der Waals surface area contributed by atoms with Gasteiger partial charge in [0.1, 0.15) is 0 Å². The average Bonchev–Trinajstić information content (AvgIpc) is 2.68. The van der Waals surface area contributed by atoms with E-state index in [0.29, 0.717) is 22.6 Å². The van der Waals surface area contributed by atoms with Gasteiger partial charge in [0, 0.05) is 6.54 Å². The van der Waals surface area contributed by atoms with Gasteiger partial charge in [-0.2, -0.15) is 0 Å². The molecule has 0 saturated heterocycles. The first-order valence-corrected chi connectivity index (χ1v) is 9.95. The zero-order chi connectivity index (χ0) is 20.3. The van der Waals surface area contributed by atoms with Gasteiger partial charge in [0.25, 0.3) is 5.56 Å². The van der Waals surface area contributed by atoms with E-state index >= 15 is 0 Å². The number of para-hydroxylation sites is 2. The topological polar surface area (TPSA) is 64.0 Å². The van der Waals surface area contributed by atoms with Crippen LogP contribution < -0.4 is 10.9 Å². The van der Waals surface area contributed by atoms with Crippen LogP contribution in [-0.2, 0) is 4.79 Å². The molecule has 1 heterocycles. The zero-order valence-electron chi connectivity index (χ0n) is 16.2.